The average molecular weight is 289 g/mol. The summed E-state index contributed by atoms with van der Waals surface area (Å²) in [5.41, 5.74) is 2.39. The van der Waals surface area contributed by atoms with Crippen molar-refractivity contribution in [1.29, 1.82) is 5.26 Å². The maximum atomic E-state index is 10.6. The van der Waals surface area contributed by atoms with E-state index < -0.39 is 5.60 Å². The van der Waals surface area contributed by atoms with Gasteiger partial charge in [0.15, 0.2) is 0 Å². The first-order valence-electron chi connectivity index (χ1n) is 7.97. The highest BCUT2D eigenvalue weighted by Gasteiger charge is 2.32. The fraction of sp³-hybridized carbons (Fsp3) is 0.706. The van der Waals surface area contributed by atoms with Crippen molar-refractivity contribution in [3.05, 3.63) is 23.0 Å². The van der Waals surface area contributed by atoms with E-state index in [1.807, 2.05) is 24.6 Å². The molecule has 0 aromatic carbocycles. The molecule has 1 fully saturated rings. The van der Waals surface area contributed by atoms with Crippen molar-refractivity contribution >= 4 is 0 Å². The largest absolute Gasteiger partial charge is 0.389 e. The third-order valence-corrected chi connectivity index (χ3v) is 5.14. The molecule has 0 bridgehead atoms. The molecule has 1 saturated carbocycles. The van der Waals surface area contributed by atoms with Gasteiger partial charge in [0.05, 0.1) is 5.60 Å². The Kier molecular flexibility index (Phi) is 5.08. The van der Waals surface area contributed by atoms with Gasteiger partial charge in [-0.1, -0.05) is 13.3 Å². The number of nitriles is 1. The maximum absolute atomic E-state index is 10.6. The highest BCUT2D eigenvalue weighted by Crippen LogP contribution is 2.33. The van der Waals surface area contributed by atoms with Crippen LogP contribution in [0.5, 0.6) is 0 Å². The Morgan fingerprint density at radius 2 is 2.14 bits per heavy atom. The monoisotopic (exact) mass is 289 g/mol. The second-order valence-electron chi connectivity index (χ2n) is 6.49. The summed E-state index contributed by atoms with van der Waals surface area (Å²) >= 11 is 0. The Morgan fingerprint density at radius 3 is 2.67 bits per heavy atom. The van der Waals surface area contributed by atoms with E-state index in [4.69, 9.17) is 5.26 Å². The fourth-order valence-corrected chi connectivity index (χ4v) is 3.28. The summed E-state index contributed by atoms with van der Waals surface area (Å²) in [7, 11) is 1.91. The van der Waals surface area contributed by atoms with Crippen LogP contribution < -0.4 is 5.32 Å². The highest BCUT2D eigenvalue weighted by atomic mass is 16.3. The molecule has 0 amide bonds. The maximum Gasteiger partial charge on any atom is 0.120 e. The number of nitrogens with one attached hydrogen (secondary N) is 1. The number of hydrogen-bond acceptors (Lipinski definition) is 3. The van der Waals surface area contributed by atoms with Crippen LogP contribution in [-0.2, 0) is 13.6 Å². The van der Waals surface area contributed by atoms with Crippen molar-refractivity contribution in [2.24, 2.45) is 13.0 Å². The van der Waals surface area contributed by atoms with E-state index >= 15 is 0 Å². The van der Waals surface area contributed by atoms with E-state index in [2.05, 4.69) is 18.3 Å². The summed E-state index contributed by atoms with van der Waals surface area (Å²) in [5, 5.41) is 23.0. The Balaban J connectivity index is 1.86. The lowest BCUT2D eigenvalue weighted by Gasteiger charge is -2.36. The first kappa shape index (κ1) is 16.1. The van der Waals surface area contributed by atoms with Gasteiger partial charge in [0.25, 0.3) is 0 Å². The zero-order chi connectivity index (χ0) is 15.5. The van der Waals surface area contributed by atoms with Crippen LogP contribution >= 0.6 is 0 Å². The SMILES string of the molecule is CCC1CCC(O)(CNCc2cc(C#N)n(C)c2C)CC1. The number of hydrogen-bond donors (Lipinski definition) is 2. The van der Waals surface area contributed by atoms with Crippen molar-refractivity contribution in [3.63, 3.8) is 0 Å². The molecule has 1 aliphatic carbocycles. The van der Waals surface area contributed by atoms with Gasteiger partial charge >= 0.3 is 0 Å². The lowest BCUT2D eigenvalue weighted by molar-refractivity contribution is -0.00882. The topological polar surface area (TPSA) is 61.0 Å². The first-order chi connectivity index (χ1) is 9.99. The summed E-state index contributed by atoms with van der Waals surface area (Å²) in [6.45, 7) is 5.61. The van der Waals surface area contributed by atoms with E-state index in [1.165, 1.54) is 6.42 Å². The molecule has 0 spiro atoms. The Hall–Kier alpha value is -1.31. The van der Waals surface area contributed by atoms with Gasteiger partial charge in [0, 0.05) is 25.8 Å². The molecule has 4 nitrogen and oxygen atoms in total. The third-order valence-electron chi connectivity index (χ3n) is 5.14. The van der Waals surface area contributed by atoms with Gasteiger partial charge in [-0.25, -0.2) is 0 Å². The molecule has 2 N–H and O–H groups in total. The molecule has 0 atom stereocenters. The van der Waals surface area contributed by atoms with Crippen LogP contribution in [0.3, 0.4) is 0 Å². The van der Waals surface area contributed by atoms with E-state index in [0.717, 1.165) is 42.9 Å². The molecule has 116 valence electrons. The molecule has 1 heterocycles. The van der Waals surface area contributed by atoms with Crippen LogP contribution in [0.4, 0.5) is 0 Å². The van der Waals surface area contributed by atoms with E-state index in [-0.39, 0.29) is 0 Å². The molecule has 0 saturated heterocycles. The average Bonchev–Trinajstić information content (AvgIpc) is 2.76. The lowest BCUT2D eigenvalue weighted by Crippen LogP contribution is -2.43. The van der Waals surface area contributed by atoms with Crippen LogP contribution in [0.1, 0.15) is 56.0 Å². The molecule has 2 rings (SSSR count). The Bertz CT molecular complexity index is 519. The Labute approximate surface area is 127 Å². The van der Waals surface area contributed by atoms with E-state index in [1.54, 1.807) is 0 Å². The number of aromatic nitrogens is 1. The predicted octanol–water partition coefficient (Wildman–Crippen LogP) is 2.63. The van der Waals surface area contributed by atoms with E-state index in [0.29, 0.717) is 18.8 Å². The molecular formula is C17H27N3O. The molecular weight excluding hydrogens is 262 g/mol. The summed E-state index contributed by atoms with van der Waals surface area (Å²) in [4.78, 5) is 0. The molecule has 0 radical (unpaired) electrons. The van der Waals surface area contributed by atoms with Gasteiger partial charge in [-0.2, -0.15) is 5.26 Å². The minimum Gasteiger partial charge on any atom is -0.389 e. The normalized spacial score (nSPS) is 25.8. The van der Waals surface area contributed by atoms with Gasteiger partial charge in [-0.3, -0.25) is 0 Å². The zero-order valence-electron chi connectivity index (χ0n) is 13.4. The molecule has 1 aliphatic rings. The summed E-state index contributed by atoms with van der Waals surface area (Å²) in [5.74, 6) is 0.792. The van der Waals surface area contributed by atoms with Gasteiger partial charge in [0.2, 0.25) is 0 Å². The Morgan fingerprint density at radius 1 is 1.48 bits per heavy atom. The quantitative estimate of drug-likeness (QED) is 0.876. The minimum absolute atomic E-state index is 0.549. The molecule has 1 aromatic rings. The molecule has 0 unspecified atom stereocenters. The van der Waals surface area contributed by atoms with Crippen LogP contribution in [0.2, 0.25) is 0 Å². The molecule has 4 heteroatoms. The van der Waals surface area contributed by atoms with Gasteiger partial charge in [-0.15, -0.1) is 0 Å². The third kappa shape index (κ3) is 3.66. The van der Waals surface area contributed by atoms with Gasteiger partial charge in [-0.05, 0) is 50.2 Å². The van der Waals surface area contributed by atoms with Crippen molar-refractivity contribution in [3.8, 4) is 6.07 Å². The van der Waals surface area contributed by atoms with Gasteiger partial charge < -0.3 is 15.0 Å². The number of rotatable bonds is 5. The van der Waals surface area contributed by atoms with Gasteiger partial charge in [0.1, 0.15) is 11.8 Å². The smallest absolute Gasteiger partial charge is 0.120 e. The summed E-state index contributed by atoms with van der Waals surface area (Å²) in [6.07, 6.45) is 5.30. The fourth-order valence-electron chi connectivity index (χ4n) is 3.28. The predicted molar refractivity (Wildman–Crippen MR) is 83.8 cm³/mol. The first-order valence-corrected chi connectivity index (χ1v) is 7.97. The zero-order valence-corrected chi connectivity index (χ0v) is 13.4. The van der Waals surface area contributed by atoms with Crippen molar-refractivity contribution < 1.29 is 5.11 Å². The van der Waals surface area contributed by atoms with Crippen molar-refractivity contribution in [1.82, 2.24) is 9.88 Å². The number of nitrogens with zero attached hydrogens (tertiary/aromatic N) is 2. The standard InChI is InChI=1S/C17H27N3O/c1-4-14-5-7-17(21,8-6-14)12-19-11-15-9-16(10-18)20(3)13(15)2/h9,14,19,21H,4-8,11-12H2,1-3H3. The van der Waals surface area contributed by atoms with Crippen molar-refractivity contribution in [2.45, 2.75) is 58.1 Å². The lowest BCUT2D eigenvalue weighted by atomic mass is 9.78. The van der Waals surface area contributed by atoms with Crippen LogP contribution in [-0.4, -0.2) is 21.8 Å². The highest BCUT2D eigenvalue weighted by molar-refractivity contribution is 5.34. The number of aliphatic hydroxyl groups is 1. The van der Waals surface area contributed by atoms with Crippen LogP contribution in [0.25, 0.3) is 0 Å². The molecule has 0 aliphatic heterocycles. The summed E-state index contributed by atoms with van der Waals surface area (Å²) in [6, 6.07) is 4.13. The van der Waals surface area contributed by atoms with Crippen LogP contribution in [0.15, 0.2) is 6.07 Å². The van der Waals surface area contributed by atoms with E-state index in [9.17, 15) is 5.11 Å². The van der Waals surface area contributed by atoms with Crippen molar-refractivity contribution in [2.75, 3.05) is 6.54 Å². The molecule has 21 heavy (non-hydrogen) atoms. The minimum atomic E-state index is -0.549. The second-order valence-corrected chi connectivity index (χ2v) is 6.49. The summed E-state index contributed by atoms with van der Waals surface area (Å²) < 4.78 is 1.91. The van der Waals surface area contributed by atoms with Crippen LogP contribution in [0, 0.1) is 24.2 Å². The second kappa shape index (κ2) is 6.64. The molecule has 1 aromatic heterocycles.